The first-order chi connectivity index (χ1) is 12.9. The third-order valence-corrected chi connectivity index (χ3v) is 4.77. The van der Waals surface area contributed by atoms with Crippen molar-refractivity contribution in [2.75, 3.05) is 6.61 Å². The SMILES string of the molecule is CC.CCc1cc(C)cc(CC)c1C1=C(OC(C)=O)CC(CCO)CC1=O. The van der Waals surface area contributed by atoms with Crippen LogP contribution >= 0.6 is 0 Å². The molecule has 0 heterocycles. The van der Waals surface area contributed by atoms with Gasteiger partial charge in [-0.3, -0.25) is 9.59 Å². The number of esters is 1. The number of hydrogen-bond donors (Lipinski definition) is 1. The van der Waals surface area contributed by atoms with E-state index in [0.717, 1.165) is 29.5 Å². The van der Waals surface area contributed by atoms with E-state index in [0.29, 0.717) is 30.6 Å². The Balaban J connectivity index is 0.00000176. The molecule has 0 saturated carbocycles. The Hall–Kier alpha value is -1.94. The van der Waals surface area contributed by atoms with E-state index in [1.807, 2.05) is 13.8 Å². The molecule has 0 bridgehead atoms. The molecule has 4 nitrogen and oxygen atoms in total. The quantitative estimate of drug-likeness (QED) is 0.728. The predicted molar refractivity (Wildman–Crippen MR) is 109 cm³/mol. The molecular weight excluding hydrogens is 340 g/mol. The topological polar surface area (TPSA) is 63.6 Å². The molecule has 0 spiro atoms. The first-order valence-electron chi connectivity index (χ1n) is 10.1. The molecular formula is C23H34O4. The van der Waals surface area contributed by atoms with Gasteiger partial charge < -0.3 is 9.84 Å². The zero-order valence-electron chi connectivity index (χ0n) is 17.6. The normalized spacial score (nSPS) is 16.7. The fraction of sp³-hybridized carbons (Fsp3) is 0.565. The average molecular weight is 375 g/mol. The summed E-state index contributed by atoms with van der Waals surface area (Å²) in [6.07, 6.45) is 3.07. The second-order valence-corrected chi connectivity index (χ2v) is 6.77. The van der Waals surface area contributed by atoms with Crippen LogP contribution in [-0.4, -0.2) is 23.5 Å². The van der Waals surface area contributed by atoms with E-state index in [2.05, 4.69) is 32.9 Å². The molecule has 1 N–H and O–H groups in total. The molecule has 0 aromatic heterocycles. The summed E-state index contributed by atoms with van der Waals surface area (Å²) < 4.78 is 5.47. The van der Waals surface area contributed by atoms with Crippen molar-refractivity contribution in [3.63, 3.8) is 0 Å². The van der Waals surface area contributed by atoms with Crippen molar-refractivity contribution in [3.05, 3.63) is 40.1 Å². The minimum Gasteiger partial charge on any atom is -0.430 e. The van der Waals surface area contributed by atoms with Gasteiger partial charge in [0.2, 0.25) is 0 Å². The maximum absolute atomic E-state index is 13.0. The van der Waals surface area contributed by atoms with Crippen LogP contribution in [0.2, 0.25) is 0 Å². The first-order valence-corrected chi connectivity index (χ1v) is 10.1. The second-order valence-electron chi connectivity index (χ2n) is 6.77. The summed E-state index contributed by atoms with van der Waals surface area (Å²) in [6, 6.07) is 4.22. The Morgan fingerprint density at radius 2 is 1.70 bits per heavy atom. The number of benzene rings is 1. The summed E-state index contributed by atoms with van der Waals surface area (Å²) in [7, 11) is 0. The lowest BCUT2D eigenvalue weighted by atomic mass is 9.79. The molecule has 150 valence electrons. The van der Waals surface area contributed by atoms with Crippen LogP contribution in [0.4, 0.5) is 0 Å². The molecule has 0 radical (unpaired) electrons. The number of Topliss-reactive ketones (excluding diaryl/α,β-unsaturated/α-hetero) is 1. The maximum Gasteiger partial charge on any atom is 0.307 e. The summed E-state index contributed by atoms with van der Waals surface area (Å²) >= 11 is 0. The van der Waals surface area contributed by atoms with Crippen LogP contribution in [-0.2, 0) is 27.2 Å². The van der Waals surface area contributed by atoms with E-state index >= 15 is 0 Å². The zero-order chi connectivity index (χ0) is 20.6. The van der Waals surface area contributed by atoms with Gasteiger partial charge in [0.25, 0.3) is 0 Å². The number of aryl methyl sites for hydroxylation is 3. The Bertz CT molecular complexity index is 675. The predicted octanol–water partition coefficient (Wildman–Crippen LogP) is 4.78. The molecule has 0 aliphatic heterocycles. The minimum absolute atomic E-state index is 0.00852. The van der Waals surface area contributed by atoms with Gasteiger partial charge in [-0.05, 0) is 48.8 Å². The van der Waals surface area contributed by atoms with Crippen molar-refractivity contribution in [1.82, 2.24) is 0 Å². The van der Waals surface area contributed by atoms with E-state index in [1.54, 1.807) is 0 Å². The van der Waals surface area contributed by atoms with Crippen LogP contribution in [0.15, 0.2) is 17.9 Å². The van der Waals surface area contributed by atoms with E-state index in [9.17, 15) is 14.7 Å². The van der Waals surface area contributed by atoms with Crippen LogP contribution < -0.4 is 0 Å². The lowest BCUT2D eigenvalue weighted by Crippen LogP contribution is -2.23. The molecule has 1 aliphatic carbocycles. The third-order valence-electron chi connectivity index (χ3n) is 4.77. The van der Waals surface area contributed by atoms with Gasteiger partial charge in [-0.1, -0.05) is 45.4 Å². The highest BCUT2D eigenvalue weighted by Gasteiger charge is 2.32. The largest absolute Gasteiger partial charge is 0.430 e. The van der Waals surface area contributed by atoms with E-state index in [-0.39, 0.29) is 18.3 Å². The van der Waals surface area contributed by atoms with Gasteiger partial charge in [0.05, 0.1) is 5.57 Å². The number of carbonyl (C=O) groups excluding carboxylic acids is 2. The number of hydrogen-bond acceptors (Lipinski definition) is 4. The van der Waals surface area contributed by atoms with Crippen LogP contribution in [0, 0.1) is 12.8 Å². The van der Waals surface area contributed by atoms with Gasteiger partial charge in [0.1, 0.15) is 5.76 Å². The Morgan fingerprint density at radius 1 is 1.15 bits per heavy atom. The van der Waals surface area contributed by atoms with E-state index in [1.165, 1.54) is 12.5 Å². The molecule has 4 heteroatoms. The molecule has 27 heavy (non-hydrogen) atoms. The Kier molecular flexibility index (Phi) is 9.44. The van der Waals surface area contributed by atoms with Crippen molar-refractivity contribution in [3.8, 4) is 0 Å². The van der Waals surface area contributed by atoms with Gasteiger partial charge in [-0.25, -0.2) is 0 Å². The highest BCUT2D eigenvalue weighted by Crippen LogP contribution is 2.38. The van der Waals surface area contributed by atoms with Crippen LogP contribution in [0.3, 0.4) is 0 Å². The van der Waals surface area contributed by atoms with Gasteiger partial charge in [0.15, 0.2) is 5.78 Å². The summed E-state index contributed by atoms with van der Waals surface area (Å²) in [5, 5.41) is 9.22. The van der Waals surface area contributed by atoms with Gasteiger partial charge in [-0.15, -0.1) is 0 Å². The van der Waals surface area contributed by atoms with Crippen molar-refractivity contribution in [1.29, 1.82) is 0 Å². The van der Waals surface area contributed by atoms with Crippen LogP contribution in [0.5, 0.6) is 0 Å². The van der Waals surface area contributed by atoms with Gasteiger partial charge >= 0.3 is 5.97 Å². The number of aliphatic hydroxyl groups excluding tert-OH is 1. The fourth-order valence-corrected chi connectivity index (χ4v) is 3.71. The molecule has 1 aromatic rings. The number of allylic oxidation sites excluding steroid dienone is 2. The van der Waals surface area contributed by atoms with Crippen LogP contribution in [0.1, 0.15) is 76.1 Å². The van der Waals surface area contributed by atoms with E-state index in [4.69, 9.17) is 4.74 Å². The van der Waals surface area contributed by atoms with Crippen molar-refractivity contribution >= 4 is 17.3 Å². The summed E-state index contributed by atoms with van der Waals surface area (Å²) in [6.45, 7) is 11.6. The van der Waals surface area contributed by atoms with Crippen LogP contribution in [0.25, 0.3) is 5.57 Å². The molecule has 1 unspecified atom stereocenters. The molecule has 0 fully saturated rings. The smallest absolute Gasteiger partial charge is 0.307 e. The standard InChI is InChI=1S/C21H28O4.C2H6/c1-5-16-9-13(3)10-17(6-2)20(16)21-18(24)11-15(7-8-22)12-19(21)25-14(4)23;1-2/h9-10,15,22H,5-8,11-12H2,1-4H3;1-2H3. The molecule has 2 rings (SSSR count). The highest BCUT2D eigenvalue weighted by molar-refractivity contribution is 6.23. The molecule has 0 saturated heterocycles. The second kappa shape index (κ2) is 11.0. The monoisotopic (exact) mass is 374 g/mol. The molecule has 1 aliphatic rings. The van der Waals surface area contributed by atoms with Gasteiger partial charge in [0, 0.05) is 26.4 Å². The van der Waals surface area contributed by atoms with Gasteiger partial charge in [-0.2, -0.15) is 0 Å². The molecule has 1 aromatic carbocycles. The number of ketones is 1. The summed E-state index contributed by atoms with van der Waals surface area (Å²) in [4.78, 5) is 24.6. The fourth-order valence-electron chi connectivity index (χ4n) is 3.71. The van der Waals surface area contributed by atoms with E-state index < -0.39 is 5.97 Å². The lowest BCUT2D eigenvalue weighted by Gasteiger charge is -2.27. The number of carbonyl (C=O) groups is 2. The summed E-state index contributed by atoms with van der Waals surface area (Å²) in [5.41, 5.74) is 4.92. The highest BCUT2D eigenvalue weighted by atomic mass is 16.5. The number of ether oxygens (including phenoxy) is 1. The zero-order valence-corrected chi connectivity index (χ0v) is 17.6. The maximum atomic E-state index is 13.0. The Morgan fingerprint density at radius 3 is 2.15 bits per heavy atom. The van der Waals surface area contributed by atoms with Crippen molar-refractivity contribution in [2.45, 2.75) is 73.6 Å². The number of rotatable bonds is 6. The molecule has 0 amide bonds. The minimum atomic E-state index is -0.409. The van der Waals surface area contributed by atoms with Crippen molar-refractivity contribution < 1.29 is 19.4 Å². The third kappa shape index (κ3) is 5.77. The molecule has 1 atom stereocenters. The lowest BCUT2D eigenvalue weighted by molar-refractivity contribution is -0.137. The first kappa shape index (κ1) is 23.1. The number of aliphatic hydroxyl groups is 1. The Labute approximate surface area is 163 Å². The average Bonchev–Trinajstić information content (AvgIpc) is 2.63. The van der Waals surface area contributed by atoms with Crippen molar-refractivity contribution in [2.24, 2.45) is 5.92 Å². The summed E-state index contributed by atoms with van der Waals surface area (Å²) in [5.74, 6) is 0.0917.